The van der Waals surface area contributed by atoms with Crippen molar-refractivity contribution in [3.05, 3.63) is 118 Å². The Hall–Kier alpha value is -3.63. The number of nitrogens with zero attached hydrogens (tertiary/aromatic N) is 1. The van der Waals surface area contributed by atoms with Crippen LogP contribution >= 0.6 is 11.6 Å². The minimum atomic E-state index is -0.517. The van der Waals surface area contributed by atoms with Gasteiger partial charge in [-0.25, -0.2) is 0 Å². The molecular weight excluding hydrogens is 432 g/mol. The van der Waals surface area contributed by atoms with Crippen molar-refractivity contribution in [2.24, 2.45) is 0 Å². The first-order valence-corrected chi connectivity index (χ1v) is 11.4. The molecule has 33 heavy (non-hydrogen) atoms. The van der Waals surface area contributed by atoms with E-state index >= 15 is 0 Å². The zero-order chi connectivity index (χ0) is 22.9. The molecule has 1 atom stereocenters. The van der Waals surface area contributed by atoms with Crippen LogP contribution in [0, 0.1) is 5.41 Å². The summed E-state index contributed by atoms with van der Waals surface area (Å²) in [6.45, 7) is 0. The van der Waals surface area contributed by atoms with Gasteiger partial charge in [0.25, 0.3) is 0 Å². The van der Waals surface area contributed by atoms with Gasteiger partial charge in [-0.15, -0.1) is 0 Å². The van der Waals surface area contributed by atoms with Crippen LogP contribution in [0.15, 0.2) is 102 Å². The summed E-state index contributed by atoms with van der Waals surface area (Å²) in [4.78, 5) is 15.2. The fraction of sp³-hybridized carbons (Fsp3) is 0.143. The number of carbonyl (C=O) groups excluding carboxylic acids is 1. The predicted octanol–water partition coefficient (Wildman–Crippen LogP) is 6.90. The molecule has 0 aromatic heterocycles. The molecule has 3 aromatic carbocycles. The average molecular weight is 455 g/mol. The van der Waals surface area contributed by atoms with Gasteiger partial charge in [0.2, 0.25) is 0 Å². The van der Waals surface area contributed by atoms with Gasteiger partial charge < -0.3 is 5.11 Å². The summed E-state index contributed by atoms with van der Waals surface area (Å²) in [5, 5.41) is 21.3. The molecule has 1 heterocycles. The molecule has 0 radical (unpaired) electrons. The largest absolute Gasteiger partial charge is 0.507 e. The molecule has 2 aliphatic rings. The topological polar surface area (TPSA) is 64.4 Å². The van der Waals surface area contributed by atoms with Crippen LogP contribution < -0.4 is 4.90 Å². The number of amidine groups is 1. The van der Waals surface area contributed by atoms with E-state index in [2.05, 4.69) is 0 Å². The van der Waals surface area contributed by atoms with Gasteiger partial charge >= 0.3 is 0 Å². The Balaban J connectivity index is 1.83. The smallest absolute Gasteiger partial charge is 0.161 e. The molecule has 0 saturated carbocycles. The Kier molecular flexibility index (Phi) is 5.61. The van der Waals surface area contributed by atoms with Crippen molar-refractivity contribution in [1.82, 2.24) is 0 Å². The Bertz CT molecular complexity index is 1300. The third-order valence-electron chi connectivity index (χ3n) is 6.26. The first kappa shape index (κ1) is 21.2. The first-order chi connectivity index (χ1) is 16.1. The monoisotopic (exact) mass is 454 g/mol. The maximum absolute atomic E-state index is 13.4. The number of benzene rings is 3. The molecule has 1 aliphatic heterocycles. The lowest BCUT2D eigenvalue weighted by atomic mass is 9.73. The highest BCUT2D eigenvalue weighted by Crippen LogP contribution is 2.47. The van der Waals surface area contributed by atoms with Gasteiger partial charge in [-0.1, -0.05) is 78.3 Å². The fourth-order valence-corrected chi connectivity index (χ4v) is 5.01. The molecule has 5 rings (SSSR count). The Morgan fingerprint density at radius 3 is 2.33 bits per heavy atom. The van der Waals surface area contributed by atoms with Gasteiger partial charge in [-0.3, -0.25) is 15.1 Å². The summed E-state index contributed by atoms with van der Waals surface area (Å²) < 4.78 is 0. The molecule has 3 aromatic rings. The summed E-state index contributed by atoms with van der Waals surface area (Å²) in [7, 11) is 0. The van der Waals surface area contributed by atoms with Crippen molar-refractivity contribution in [3.63, 3.8) is 0 Å². The molecule has 0 amide bonds. The lowest BCUT2D eigenvalue weighted by Gasteiger charge is -2.41. The number of aliphatic hydroxyl groups is 1. The zero-order valence-corrected chi connectivity index (χ0v) is 18.7. The molecular formula is C28H23ClN2O2. The number of carbonyl (C=O) groups is 1. The van der Waals surface area contributed by atoms with E-state index < -0.39 is 5.92 Å². The van der Waals surface area contributed by atoms with Crippen molar-refractivity contribution in [2.45, 2.75) is 25.2 Å². The van der Waals surface area contributed by atoms with Crippen molar-refractivity contribution in [3.8, 4) is 0 Å². The van der Waals surface area contributed by atoms with E-state index in [9.17, 15) is 15.3 Å². The summed E-state index contributed by atoms with van der Waals surface area (Å²) in [5.41, 5.74) is 4.09. The Morgan fingerprint density at radius 2 is 1.64 bits per heavy atom. The molecule has 0 fully saturated rings. The second-order valence-electron chi connectivity index (χ2n) is 8.27. The number of nitrogens with one attached hydrogen (secondary N) is 1. The van der Waals surface area contributed by atoms with Gasteiger partial charge in [0.05, 0.1) is 0 Å². The van der Waals surface area contributed by atoms with Crippen LogP contribution in [0.4, 0.5) is 5.69 Å². The number of rotatable bonds is 3. The molecule has 1 aliphatic carbocycles. The number of aliphatic hydroxyl groups excluding tert-OH is 1. The maximum atomic E-state index is 13.4. The quantitative estimate of drug-likeness (QED) is 0.423. The highest BCUT2D eigenvalue weighted by Gasteiger charge is 2.43. The molecule has 2 N–H and O–H groups in total. The molecule has 0 unspecified atom stereocenters. The van der Waals surface area contributed by atoms with Crippen LogP contribution in [0.25, 0.3) is 5.76 Å². The lowest BCUT2D eigenvalue weighted by molar-refractivity contribution is -0.116. The third-order valence-corrected chi connectivity index (χ3v) is 6.49. The fourth-order valence-electron chi connectivity index (χ4n) is 4.82. The van der Waals surface area contributed by atoms with E-state index in [1.807, 2.05) is 72.8 Å². The maximum Gasteiger partial charge on any atom is 0.161 e. The highest BCUT2D eigenvalue weighted by molar-refractivity contribution is 6.31. The Morgan fingerprint density at radius 1 is 0.939 bits per heavy atom. The predicted molar refractivity (Wildman–Crippen MR) is 133 cm³/mol. The van der Waals surface area contributed by atoms with Crippen molar-refractivity contribution >= 4 is 34.7 Å². The molecule has 0 spiro atoms. The van der Waals surface area contributed by atoms with Crippen LogP contribution in [-0.4, -0.2) is 16.7 Å². The molecule has 4 nitrogen and oxygen atoms in total. The Labute approximate surface area is 198 Å². The number of Topliss-reactive ketones (excluding diaryl/α,β-unsaturated/α-hetero) is 1. The second-order valence-corrected chi connectivity index (χ2v) is 8.71. The van der Waals surface area contributed by atoms with E-state index in [0.29, 0.717) is 40.3 Å². The summed E-state index contributed by atoms with van der Waals surface area (Å²) in [5.74, 6) is -0.299. The van der Waals surface area contributed by atoms with Crippen LogP contribution in [0.5, 0.6) is 0 Å². The highest BCUT2D eigenvalue weighted by atomic mass is 35.5. The van der Waals surface area contributed by atoms with Crippen LogP contribution in [-0.2, 0) is 4.79 Å². The normalized spacial score (nSPS) is 20.0. The molecule has 0 saturated heterocycles. The lowest BCUT2D eigenvalue weighted by Crippen LogP contribution is -2.42. The van der Waals surface area contributed by atoms with E-state index in [-0.39, 0.29) is 17.4 Å². The van der Waals surface area contributed by atoms with Crippen molar-refractivity contribution in [1.29, 1.82) is 5.41 Å². The van der Waals surface area contributed by atoms with Gasteiger partial charge in [0, 0.05) is 45.5 Å². The van der Waals surface area contributed by atoms with Gasteiger partial charge in [0.1, 0.15) is 11.6 Å². The van der Waals surface area contributed by atoms with E-state index in [4.69, 9.17) is 11.6 Å². The molecule has 164 valence electrons. The minimum absolute atomic E-state index is 0.00593. The third kappa shape index (κ3) is 3.77. The summed E-state index contributed by atoms with van der Waals surface area (Å²) in [6.07, 6.45) is 1.87. The molecule has 5 heteroatoms. The SMILES string of the molecule is N=C1/C(=C(/O)c2ccccc2)[C@@H](c2ccccc2)C2=C(CCCC2=O)N1c1cccc(Cl)c1. The van der Waals surface area contributed by atoms with E-state index in [0.717, 1.165) is 17.7 Å². The van der Waals surface area contributed by atoms with Gasteiger partial charge in [-0.2, -0.15) is 0 Å². The summed E-state index contributed by atoms with van der Waals surface area (Å²) in [6, 6.07) is 26.2. The van der Waals surface area contributed by atoms with Gasteiger partial charge in [0.15, 0.2) is 5.78 Å². The number of hydrogen-bond donors (Lipinski definition) is 2. The molecule has 0 bridgehead atoms. The van der Waals surface area contributed by atoms with Crippen molar-refractivity contribution < 1.29 is 9.90 Å². The van der Waals surface area contributed by atoms with Crippen molar-refractivity contribution in [2.75, 3.05) is 4.90 Å². The average Bonchev–Trinajstić information content (AvgIpc) is 2.84. The minimum Gasteiger partial charge on any atom is -0.507 e. The van der Waals surface area contributed by atoms with Gasteiger partial charge in [-0.05, 0) is 36.6 Å². The summed E-state index contributed by atoms with van der Waals surface area (Å²) >= 11 is 6.29. The first-order valence-electron chi connectivity index (χ1n) is 11.0. The standard InChI is InChI=1S/C28H23ClN2O2/c29-20-13-7-14-21(17-20)31-22-15-8-16-23(32)25(22)24(18-9-3-1-4-10-18)26(28(31)30)27(33)19-11-5-2-6-12-19/h1-7,9-14,17,24,30,33H,8,15-16H2/b27-26+,30-28?/t24-/m0/s1. The van der Waals surface area contributed by atoms with Crippen LogP contribution in [0.3, 0.4) is 0 Å². The van der Waals surface area contributed by atoms with Crippen LogP contribution in [0.1, 0.15) is 36.3 Å². The number of anilines is 1. The van der Waals surface area contributed by atoms with E-state index in [1.54, 1.807) is 17.0 Å². The second kappa shape index (κ2) is 8.72. The zero-order valence-electron chi connectivity index (χ0n) is 18.0. The van der Waals surface area contributed by atoms with E-state index in [1.165, 1.54) is 0 Å². The number of hydrogen-bond acceptors (Lipinski definition) is 3. The number of allylic oxidation sites excluding steroid dienone is 2. The number of ketones is 1. The number of halogens is 1. The van der Waals surface area contributed by atoms with Crippen LogP contribution in [0.2, 0.25) is 5.02 Å².